The summed E-state index contributed by atoms with van der Waals surface area (Å²) in [7, 11) is 1.88. The molecule has 0 unspecified atom stereocenters. The van der Waals surface area contributed by atoms with Gasteiger partial charge >= 0.3 is 0 Å². The van der Waals surface area contributed by atoms with E-state index in [-0.39, 0.29) is 11.7 Å². The predicted molar refractivity (Wildman–Crippen MR) is 120 cm³/mol. The molecule has 30 heavy (non-hydrogen) atoms. The number of nitrogens with zero attached hydrogens (tertiary/aromatic N) is 2. The Hall–Kier alpha value is -3.25. The molecule has 0 bridgehead atoms. The summed E-state index contributed by atoms with van der Waals surface area (Å²) < 4.78 is 14.2. The Kier molecular flexibility index (Phi) is 4.71. The van der Waals surface area contributed by atoms with E-state index in [1.165, 1.54) is 23.5 Å². The molecule has 0 saturated heterocycles. The number of hydrogen-bond donors (Lipinski definition) is 1. The summed E-state index contributed by atoms with van der Waals surface area (Å²) in [5.74, 6) is -0.173. The van der Waals surface area contributed by atoms with E-state index in [1.807, 2.05) is 60.5 Å². The van der Waals surface area contributed by atoms with Crippen molar-refractivity contribution < 1.29 is 9.18 Å². The third kappa shape index (κ3) is 3.78. The molecular weight excluding hydrogens is 397 g/mol. The first-order valence-electron chi connectivity index (χ1n) is 9.87. The number of amides is 1. The SMILES string of the molecule is CN(C(=O)c1ccc(-c2ccc(Nc3nc4ccc(F)cc4s3)cc2)cc1)C1CC1. The standard InChI is InChI=1S/C24H20FN3OS/c1-28(20-11-12-20)23(29)17-4-2-15(3-5-17)16-6-9-19(10-7-16)26-24-27-21-13-8-18(25)14-22(21)30-24/h2-10,13-14,20H,11-12H2,1H3,(H,26,27). The smallest absolute Gasteiger partial charge is 0.253 e. The number of rotatable bonds is 5. The highest BCUT2D eigenvalue weighted by Crippen LogP contribution is 2.30. The van der Waals surface area contributed by atoms with Gasteiger partial charge in [0.15, 0.2) is 5.13 Å². The van der Waals surface area contributed by atoms with Gasteiger partial charge in [-0.1, -0.05) is 35.6 Å². The van der Waals surface area contributed by atoms with Crippen LogP contribution >= 0.6 is 11.3 Å². The zero-order valence-electron chi connectivity index (χ0n) is 16.4. The maximum atomic E-state index is 13.4. The minimum absolute atomic E-state index is 0.0827. The average Bonchev–Trinajstić information content (AvgIpc) is 3.54. The molecule has 1 aliphatic rings. The summed E-state index contributed by atoms with van der Waals surface area (Å²) in [6, 6.07) is 20.8. The number of carbonyl (C=O) groups excluding carboxylic acids is 1. The summed E-state index contributed by atoms with van der Waals surface area (Å²) in [5.41, 5.74) is 4.54. The fourth-order valence-corrected chi connectivity index (χ4v) is 4.37. The van der Waals surface area contributed by atoms with E-state index in [2.05, 4.69) is 10.3 Å². The Balaban J connectivity index is 1.29. The summed E-state index contributed by atoms with van der Waals surface area (Å²) in [5, 5.41) is 4.01. The highest BCUT2D eigenvalue weighted by atomic mass is 32.1. The summed E-state index contributed by atoms with van der Waals surface area (Å²) >= 11 is 1.42. The van der Waals surface area contributed by atoms with Crippen LogP contribution in [0.2, 0.25) is 0 Å². The van der Waals surface area contributed by atoms with Crippen LogP contribution in [0.1, 0.15) is 23.2 Å². The number of halogens is 1. The van der Waals surface area contributed by atoms with E-state index >= 15 is 0 Å². The van der Waals surface area contributed by atoms with Crippen LogP contribution in [0.5, 0.6) is 0 Å². The van der Waals surface area contributed by atoms with Crippen molar-refractivity contribution in [1.29, 1.82) is 0 Å². The molecular formula is C24H20FN3OS. The molecule has 1 amide bonds. The van der Waals surface area contributed by atoms with Crippen LogP contribution in [-0.4, -0.2) is 28.9 Å². The van der Waals surface area contributed by atoms with E-state index in [9.17, 15) is 9.18 Å². The minimum Gasteiger partial charge on any atom is -0.339 e. The molecule has 4 aromatic rings. The Morgan fingerprint density at radius 3 is 2.37 bits per heavy atom. The fraction of sp³-hybridized carbons (Fsp3) is 0.167. The molecule has 1 saturated carbocycles. The van der Waals surface area contributed by atoms with E-state index in [0.29, 0.717) is 6.04 Å². The predicted octanol–water partition coefficient (Wildman–Crippen LogP) is 6.08. The Labute approximate surface area is 178 Å². The zero-order valence-corrected chi connectivity index (χ0v) is 17.2. The van der Waals surface area contributed by atoms with Crippen molar-refractivity contribution in [3.63, 3.8) is 0 Å². The van der Waals surface area contributed by atoms with Gasteiger partial charge in [-0.25, -0.2) is 9.37 Å². The lowest BCUT2D eigenvalue weighted by molar-refractivity contribution is 0.0785. The molecule has 1 aromatic heterocycles. The van der Waals surface area contributed by atoms with Crippen molar-refractivity contribution in [1.82, 2.24) is 9.88 Å². The van der Waals surface area contributed by atoms with Crippen molar-refractivity contribution in [2.24, 2.45) is 0 Å². The lowest BCUT2D eigenvalue weighted by Crippen LogP contribution is -2.28. The molecule has 0 aliphatic heterocycles. The zero-order chi connectivity index (χ0) is 20.7. The number of thiazole rings is 1. The molecule has 150 valence electrons. The number of hydrogen-bond acceptors (Lipinski definition) is 4. The monoisotopic (exact) mass is 417 g/mol. The van der Waals surface area contributed by atoms with Gasteiger partial charge in [0, 0.05) is 24.3 Å². The topological polar surface area (TPSA) is 45.2 Å². The second-order valence-electron chi connectivity index (χ2n) is 7.56. The number of fused-ring (bicyclic) bond motifs is 1. The molecule has 0 spiro atoms. The molecule has 6 heteroatoms. The third-order valence-corrected chi connectivity index (χ3v) is 6.30. The molecule has 1 heterocycles. The second kappa shape index (κ2) is 7.54. The minimum atomic E-state index is -0.256. The number of nitrogens with one attached hydrogen (secondary N) is 1. The number of anilines is 2. The van der Waals surface area contributed by atoms with Crippen LogP contribution in [-0.2, 0) is 0 Å². The van der Waals surface area contributed by atoms with Crippen molar-refractivity contribution in [3.8, 4) is 11.1 Å². The largest absolute Gasteiger partial charge is 0.339 e. The van der Waals surface area contributed by atoms with Gasteiger partial charge in [-0.2, -0.15) is 0 Å². The third-order valence-electron chi connectivity index (χ3n) is 5.37. The first-order valence-corrected chi connectivity index (χ1v) is 10.7. The average molecular weight is 418 g/mol. The Morgan fingerprint density at radius 2 is 1.70 bits per heavy atom. The van der Waals surface area contributed by atoms with Gasteiger partial charge in [-0.05, 0) is 66.4 Å². The van der Waals surface area contributed by atoms with Gasteiger partial charge in [0.1, 0.15) is 5.82 Å². The lowest BCUT2D eigenvalue weighted by Gasteiger charge is -2.16. The first-order chi connectivity index (χ1) is 14.6. The number of aromatic nitrogens is 1. The van der Waals surface area contributed by atoms with Crippen LogP contribution in [0.15, 0.2) is 66.7 Å². The van der Waals surface area contributed by atoms with Gasteiger partial charge < -0.3 is 10.2 Å². The van der Waals surface area contributed by atoms with Crippen LogP contribution in [0, 0.1) is 5.82 Å². The normalized spacial score (nSPS) is 13.4. The molecule has 1 N–H and O–H groups in total. The van der Waals surface area contributed by atoms with Crippen LogP contribution in [0.3, 0.4) is 0 Å². The maximum Gasteiger partial charge on any atom is 0.253 e. The Morgan fingerprint density at radius 1 is 1.03 bits per heavy atom. The highest BCUT2D eigenvalue weighted by Gasteiger charge is 2.29. The van der Waals surface area contributed by atoms with E-state index in [4.69, 9.17) is 0 Å². The second-order valence-corrected chi connectivity index (χ2v) is 8.59. The highest BCUT2D eigenvalue weighted by molar-refractivity contribution is 7.22. The molecule has 1 aliphatic carbocycles. The quantitative estimate of drug-likeness (QED) is 0.428. The summed E-state index contributed by atoms with van der Waals surface area (Å²) in [6.45, 7) is 0. The van der Waals surface area contributed by atoms with Gasteiger partial charge in [0.2, 0.25) is 0 Å². The Bertz CT molecular complexity index is 1210. The van der Waals surface area contributed by atoms with E-state index in [0.717, 1.165) is 50.6 Å². The molecule has 0 radical (unpaired) electrons. The fourth-order valence-electron chi connectivity index (χ4n) is 3.46. The van der Waals surface area contributed by atoms with Gasteiger partial charge in [0.05, 0.1) is 10.2 Å². The van der Waals surface area contributed by atoms with E-state index < -0.39 is 0 Å². The summed E-state index contributed by atoms with van der Waals surface area (Å²) in [6.07, 6.45) is 2.21. The van der Waals surface area contributed by atoms with Crippen LogP contribution < -0.4 is 5.32 Å². The molecule has 5 rings (SSSR count). The van der Waals surface area contributed by atoms with Crippen molar-refractivity contribution in [2.75, 3.05) is 12.4 Å². The van der Waals surface area contributed by atoms with Gasteiger partial charge in [0.25, 0.3) is 5.91 Å². The molecule has 3 aromatic carbocycles. The molecule has 4 nitrogen and oxygen atoms in total. The van der Waals surface area contributed by atoms with Gasteiger partial charge in [-0.3, -0.25) is 4.79 Å². The van der Waals surface area contributed by atoms with Gasteiger partial charge in [-0.15, -0.1) is 0 Å². The van der Waals surface area contributed by atoms with Crippen LogP contribution in [0.25, 0.3) is 21.3 Å². The lowest BCUT2D eigenvalue weighted by atomic mass is 10.0. The van der Waals surface area contributed by atoms with Crippen LogP contribution in [0.4, 0.5) is 15.2 Å². The van der Waals surface area contributed by atoms with Crippen molar-refractivity contribution >= 4 is 38.3 Å². The van der Waals surface area contributed by atoms with E-state index in [1.54, 1.807) is 6.07 Å². The maximum absolute atomic E-state index is 13.4. The number of benzene rings is 3. The van der Waals surface area contributed by atoms with Crippen molar-refractivity contribution in [3.05, 3.63) is 78.1 Å². The molecule has 1 fully saturated rings. The number of carbonyl (C=O) groups is 1. The van der Waals surface area contributed by atoms with Crippen molar-refractivity contribution in [2.45, 2.75) is 18.9 Å². The molecule has 0 atom stereocenters. The first kappa shape index (κ1) is 18.8. The summed E-state index contributed by atoms with van der Waals surface area (Å²) in [4.78, 5) is 18.8.